The summed E-state index contributed by atoms with van der Waals surface area (Å²) >= 11 is 1.41. The number of rotatable bonds is 4. The summed E-state index contributed by atoms with van der Waals surface area (Å²) < 4.78 is 0. The van der Waals surface area contributed by atoms with Crippen molar-refractivity contribution in [2.75, 3.05) is 23.3 Å². The minimum Gasteiger partial charge on any atom is -0.346 e. The Labute approximate surface area is 133 Å². The third-order valence-electron chi connectivity index (χ3n) is 3.68. The van der Waals surface area contributed by atoms with E-state index in [9.17, 15) is 4.79 Å². The van der Waals surface area contributed by atoms with Gasteiger partial charge in [0.2, 0.25) is 16.2 Å². The number of nitrogens with two attached hydrogens (primary N) is 1. The molecule has 1 fully saturated rings. The van der Waals surface area contributed by atoms with E-state index in [0.717, 1.165) is 36.6 Å². The first kappa shape index (κ1) is 14.9. The number of nitrogens with zero attached hydrogens (tertiary/aromatic N) is 3. The third kappa shape index (κ3) is 3.80. The topological polar surface area (TPSA) is 84.1 Å². The van der Waals surface area contributed by atoms with E-state index in [1.54, 1.807) is 0 Å². The van der Waals surface area contributed by atoms with E-state index in [4.69, 9.17) is 5.73 Å². The van der Waals surface area contributed by atoms with Crippen molar-refractivity contribution in [2.24, 2.45) is 5.73 Å². The second kappa shape index (κ2) is 6.85. The summed E-state index contributed by atoms with van der Waals surface area (Å²) in [4.78, 5) is 14.2. The lowest BCUT2D eigenvalue weighted by Crippen LogP contribution is -2.39. The first-order valence-electron chi connectivity index (χ1n) is 7.38. The smallest absolute Gasteiger partial charge is 0.230 e. The lowest BCUT2D eigenvalue weighted by atomic mass is 10.1. The van der Waals surface area contributed by atoms with Gasteiger partial charge < -0.3 is 16.0 Å². The maximum atomic E-state index is 12.0. The Balaban J connectivity index is 1.56. The monoisotopic (exact) mass is 317 g/mol. The predicted octanol–water partition coefficient (Wildman–Crippen LogP) is 1.65. The lowest BCUT2D eigenvalue weighted by Gasteiger charge is -2.29. The van der Waals surface area contributed by atoms with Crippen LogP contribution in [0, 0.1) is 0 Å². The number of amides is 1. The van der Waals surface area contributed by atoms with E-state index in [2.05, 4.69) is 20.4 Å². The van der Waals surface area contributed by atoms with Gasteiger partial charge in [-0.25, -0.2) is 0 Å². The van der Waals surface area contributed by atoms with Gasteiger partial charge in [0.05, 0.1) is 6.42 Å². The van der Waals surface area contributed by atoms with Crippen LogP contribution >= 0.6 is 11.3 Å². The summed E-state index contributed by atoms with van der Waals surface area (Å²) in [6, 6.07) is 9.93. The molecule has 3 rings (SSSR count). The van der Waals surface area contributed by atoms with Gasteiger partial charge >= 0.3 is 0 Å². The summed E-state index contributed by atoms with van der Waals surface area (Å²) in [5.41, 5.74) is 6.88. The molecule has 116 valence electrons. The largest absolute Gasteiger partial charge is 0.346 e. The van der Waals surface area contributed by atoms with Crippen LogP contribution in [-0.2, 0) is 11.2 Å². The molecule has 0 unspecified atom stereocenters. The third-order valence-corrected chi connectivity index (χ3v) is 4.58. The molecule has 0 saturated carbocycles. The van der Waals surface area contributed by atoms with Crippen molar-refractivity contribution in [1.82, 2.24) is 10.2 Å². The minimum absolute atomic E-state index is 0.0745. The highest BCUT2D eigenvalue weighted by molar-refractivity contribution is 7.19. The van der Waals surface area contributed by atoms with Gasteiger partial charge in [0.15, 0.2) is 0 Å². The van der Waals surface area contributed by atoms with Crippen LogP contribution in [0.2, 0.25) is 0 Å². The zero-order valence-corrected chi connectivity index (χ0v) is 13.1. The Hall–Kier alpha value is -1.99. The average Bonchev–Trinajstić information content (AvgIpc) is 2.97. The SMILES string of the molecule is NC1CCN(c2nnc(NC(=O)Cc3ccccc3)s2)CC1. The summed E-state index contributed by atoms with van der Waals surface area (Å²) in [7, 11) is 0. The quantitative estimate of drug-likeness (QED) is 0.895. The molecule has 1 aromatic carbocycles. The maximum Gasteiger partial charge on any atom is 0.230 e. The lowest BCUT2D eigenvalue weighted by molar-refractivity contribution is -0.115. The second-order valence-corrected chi connectivity index (χ2v) is 6.38. The Morgan fingerprint density at radius 3 is 2.73 bits per heavy atom. The first-order chi connectivity index (χ1) is 10.7. The molecule has 1 aliphatic heterocycles. The van der Waals surface area contributed by atoms with E-state index >= 15 is 0 Å². The summed E-state index contributed by atoms with van der Waals surface area (Å²) in [6.45, 7) is 1.79. The van der Waals surface area contributed by atoms with E-state index in [1.807, 2.05) is 30.3 Å². The first-order valence-corrected chi connectivity index (χ1v) is 8.20. The molecule has 1 amide bonds. The highest BCUT2D eigenvalue weighted by atomic mass is 32.1. The Morgan fingerprint density at radius 1 is 1.27 bits per heavy atom. The fraction of sp³-hybridized carbons (Fsp3) is 0.400. The number of benzene rings is 1. The number of carbonyl (C=O) groups excluding carboxylic acids is 1. The molecule has 0 spiro atoms. The average molecular weight is 317 g/mol. The molecule has 6 nitrogen and oxygen atoms in total. The van der Waals surface area contributed by atoms with Crippen molar-refractivity contribution in [2.45, 2.75) is 25.3 Å². The Morgan fingerprint density at radius 2 is 2.00 bits per heavy atom. The number of piperidine rings is 1. The van der Waals surface area contributed by atoms with Crippen LogP contribution in [0.4, 0.5) is 10.3 Å². The number of hydrogen-bond acceptors (Lipinski definition) is 6. The van der Waals surface area contributed by atoms with Crippen LogP contribution in [0.15, 0.2) is 30.3 Å². The molecular formula is C15H19N5OS. The van der Waals surface area contributed by atoms with Gasteiger partial charge in [-0.2, -0.15) is 0 Å². The van der Waals surface area contributed by atoms with Crippen LogP contribution < -0.4 is 16.0 Å². The van der Waals surface area contributed by atoms with Crippen molar-refractivity contribution < 1.29 is 4.79 Å². The van der Waals surface area contributed by atoms with Gasteiger partial charge in [0.25, 0.3) is 0 Å². The van der Waals surface area contributed by atoms with Crippen molar-refractivity contribution in [3.63, 3.8) is 0 Å². The van der Waals surface area contributed by atoms with Gasteiger partial charge in [-0.15, -0.1) is 10.2 Å². The fourth-order valence-electron chi connectivity index (χ4n) is 2.43. The molecule has 22 heavy (non-hydrogen) atoms. The Kier molecular flexibility index (Phi) is 4.65. The molecule has 2 aromatic rings. The van der Waals surface area contributed by atoms with Gasteiger partial charge in [-0.3, -0.25) is 4.79 Å². The standard InChI is InChI=1S/C15H19N5OS/c16-12-6-8-20(9-7-12)15-19-18-14(22-15)17-13(21)10-11-4-2-1-3-5-11/h1-5,12H,6-10,16H2,(H,17,18,21). The van der Waals surface area contributed by atoms with Crippen LogP contribution in [-0.4, -0.2) is 35.2 Å². The normalized spacial score (nSPS) is 15.8. The van der Waals surface area contributed by atoms with Gasteiger partial charge in [0.1, 0.15) is 0 Å². The van der Waals surface area contributed by atoms with Crippen LogP contribution in [0.25, 0.3) is 0 Å². The molecule has 7 heteroatoms. The van der Waals surface area contributed by atoms with E-state index in [-0.39, 0.29) is 11.9 Å². The highest BCUT2D eigenvalue weighted by Gasteiger charge is 2.19. The highest BCUT2D eigenvalue weighted by Crippen LogP contribution is 2.26. The molecular weight excluding hydrogens is 298 g/mol. The molecule has 0 radical (unpaired) electrons. The summed E-state index contributed by atoms with van der Waals surface area (Å²) in [6.07, 6.45) is 2.28. The van der Waals surface area contributed by atoms with Gasteiger partial charge in [0, 0.05) is 19.1 Å². The fourth-order valence-corrected chi connectivity index (χ4v) is 3.24. The molecule has 0 bridgehead atoms. The molecule has 1 aliphatic rings. The predicted molar refractivity (Wildman–Crippen MR) is 88.1 cm³/mol. The van der Waals surface area contributed by atoms with Gasteiger partial charge in [-0.05, 0) is 18.4 Å². The zero-order valence-electron chi connectivity index (χ0n) is 12.2. The minimum atomic E-state index is -0.0745. The van der Waals surface area contributed by atoms with Crippen molar-refractivity contribution >= 4 is 27.5 Å². The molecule has 1 aromatic heterocycles. The van der Waals surface area contributed by atoms with Crippen LogP contribution in [0.3, 0.4) is 0 Å². The van der Waals surface area contributed by atoms with Crippen LogP contribution in [0.1, 0.15) is 18.4 Å². The molecule has 0 aliphatic carbocycles. The molecule has 0 atom stereocenters. The summed E-state index contributed by atoms with van der Waals surface area (Å²) in [5, 5.41) is 12.4. The second-order valence-electron chi connectivity index (χ2n) is 5.42. The number of anilines is 2. The van der Waals surface area contributed by atoms with E-state index < -0.39 is 0 Å². The number of aromatic nitrogens is 2. The number of hydrogen-bond donors (Lipinski definition) is 2. The Bertz CT molecular complexity index is 622. The maximum absolute atomic E-state index is 12.0. The van der Waals surface area contributed by atoms with Crippen molar-refractivity contribution in [3.8, 4) is 0 Å². The molecule has 1 saturated heterocycles. The molecule has 3 N–H and O–H groups in total. The van der Waals surface area contributed by atoms with E-state index in [1.165, 1.54) is 11.3 Å². The molecule has 2 heterocycles. The number of carbonyl (C=O) groups is 1. The van der Waals surface area contributed by atoms with Gasteiger partial charge in [-0.1, -0.05) is 41.7 Å². The summed E-state index contributed by atoms with van der Waals surface area (Å²) in [5.74, 6) is -0.0745. The van der Waals surface area contributed by atoms with E-state index in [0.29, 0.717) is 11.6 Å². The number of nitrogens with one attached hydrogen (secondary N) is 1. The van der Waals surface area contributed by atoms with Crippen molar-refractivity contribution in [1.29, 1.82) is 0 Å². The van der Waals surface area contributed by atoms with Crippen molar-refractivity contribution in [3.05, 3.63) is 35.9 Å². The van der Waals surface area contributed by atoms with Crippen LogP contribution in [0.5, 0.6) is 0 Å². The zero-order chi connectivity index (χ0) is 15.4.